The fourth-order valence-corrected chi connectivity index (χ4v) is 4.46. The topological polar surface area (TPSA) is 59.0 Å². The van der Waals surface area contributed by atoms with Gasteiger partial charge in [-0.05, 0) is 42.2 Å². The summed E-state index contributed by atoms with van der Waals surface area (Å²) in [5.41, 5.74) is 4.19. The van der Waals surface area contributed by atoms with Gasteiger partial charge in [0.1, 0.15) is 18.8 Å². The van der Waals surface area contributed by atoms with E-state index in [0.717, 1.165) is 48.1 Å². The number of likely N-dealkylation sites (tertiary alicyclic amines) is 1. The Morgan fingerprint density at radius 1 is 1.06 bits per heavy atom. The second-order valence-corrected chi connectivity index (χ2v) is 8.51. The largest absolute Gasteiger partial charge is 0.373 e. The number of rotatable bonds is 8. The Labute approximate surface area is 187 Å². The molecule has 0 radical (unpaired) electrons. The fourth-order valence-electron chi connectivity index (χ4n) is 4.46. The van der Waals surface area contributed by atoms with Gasteiger partial charge in [-0.3, -0.25) is 4.57 Å². The smallest absolute Gasteiger partial charge is 0.123 e. The van der Waals surface area contributed by atoms with Crippen LogP contribution in [-0.4, -0.2) is 56.6 Å². The van der Waals surface area contributed by atoms with Crippen LogP contribution in [0.25, 0.3) is 16.6 Å². The molecule has 0 aliphatic carbocycles. The number of nitrogens with zero attached hydrogens (tertiary/aromatic N) is 4. The molecule has 32 heavy (non-hydrogen) atoms. The Bertz CT molecular complexity index is 1120. The zero-order valence-electron chi connectivity index (χ0n) is 18.0. The highest BCUT2D eigenvalue weighted by molar-refractivity contribution is 5.85. The molecule has 0 saturated carbocycles. The van der Waals surface area contributed by atoms with Crippen molar-refractivity contribution in [1.29, 1.82) is 0 Å². The molecule has 1 aliphatic heterocycles. The summed E-state index contributed by atoms with van der Waals surface area (Å²) in [6.07, 6.45) is 6.91. The fraction of sp³-hybridized carbons (Fsp3) is 0.360. The van der Waals surface area contributed by atoms with Crippen molar-refractivity contribution >= 4 is 10.9 Å². The lowest BCUT2D eigenvalue weighted by Crippen LogP contribution is -2.40. The predicted octanol–water partition coefficient (Wildman–Crippen LogP) is 4.31. The first-order valence-electron chi connectivity index (χ1n) is 11.2. The van der Waals surface area contributed by atoms with Gasteiger partial charge < -0.3 is 14.6 Å². The van der Waals surface area contributed by atoms with Crippen LogP contribution in [0.4, 0.5) is 4.39 Å². The molecule has 1 fully saturated rings. The Balaban J connectivity index is 1.13. The van der Waals surface area contributed by atoms with Crippen LogP contribution in [0.15, 0.2) is 67.4 Å². The van der Waals surface area contributed by atoms with Gasteiger partial charge in [0.2, 0.25) is 0 Å². The van der Waals surface area contributed by atoms with Crippen LogP contribution in [0.3, 0.4) is 0 Å². The average Bonchev–Trinajstić information content (AvgIpc) is 3.50. The molecular formula is C25H28FN5O. The summed E-state index contributed by atoms with van der Waals surface area (Å²) in [6, 6.07) is 16.3. The summed E-state index contributed by atoms with van der Waals surface area (Å²) in [7, 11) is 0. The monoisotopic (exact) mass is 433 g/mol. The van der Waals surface area contributed by atoms with E-state index < -0.39 is 6.17 Å². The Morgan fingerprint density at radius 3 is 2.62 bits per heavy atom. The van der Waals surface area contributed by atoms with Crippen molar-refractivity contribution in [3.63, 3.8) is 0 Å². The maximum absolute atomic E-state index is 15.0. The Kier molecular flexibility index (Phi) is 6.27. The highest BCUT2D eigenvalue weighted by atomic mass is 19.1. The molecule has 0 spiro atoms. The van der Waals surface area contributed by atoms with Gasteiger partial charge in [0.05, 0.1) is 12.7 Å². The minimum absolute atomic E-state index is 0.259. The van der Waals surface area contributed by atoms with E-state index in [1.165, 1.54) is 5.56 Å². The molecule has 0 amide bonds. The number of aromatic amines is 1. The lowest BCUT2D eigenvalue weighted by molar-refractivity contribution is -0.00620. The molecule has 2 aromatic heterocycles. The number of hydrogen-bond acceptors (Lipinski definition) is 4. The summed E-state index contributed by atoms with van der Waals surface area (Å²) in [5.74, 6) is 0. The van der Waals surface area contributed by atoms with Crippen molar-refractivity contribution < 1.29 is 9.13 Å². The van der Waals surface area contributed by atoms with Gasteiger partial charge in [-0.25, -0.2) is 4.39 Å². The first-order valence-corrected chi connectivity index (χ1v) is 11.2. The first kappa shape index (κ1) is 20.8. The van der Waals surface area contributed by atoms with Gasteiger partial charge in [0.15, 0.2) is 0 Å². The minimum atomic E-state index is -0.908. The number of ether oxygens (including phenoxy) is 1. The van der Waals surface area contributed by atoms with Crippen LogP contribution in [0.1, 0.15) is 24.0 Å². The molecular weight excluding hydrogens is 405 g/mol. The summed E-state index contributed by atoms with van der Waals surface area (Å²) < 4.78 is 22.9. The maximum Gasteiger partial charge on any atom is 0.123 e. The Hall–Kier alpha value is -3.03. The molecule has 1 saturated heterocycles. The standard InChI is InChI=1S/C25H28FN5O/c26-21(15-30-10-8-23(9-11-30)32-16-19-4-2-1-3-5-19)12-20-14-27-25-7-6-22(13-24(20)25)31-17-28-29-18-31/h1-7,13-14,17-18,21,23,27H,8-12,15-16H2. The molecule has 4 aromatic rings. The van der Waals surface area contributed by atoms with Gasteiger partial charge in [-0.15, -0.1) is 10.2 Å². The molecule has 166 valence electrons. The predicted molar refractivity (Wildman–Crippen MR) is 123 cm³/mol. The highest BCUT2D eigenvalue weighted by Gasteiger charge is 2.23. The molecule has 1 N–H and O–H groups in total. The summed E-state index contributed by atoms with van der Waals surface area (Å²) >= 11 is 0. The summed E-state index contributed by atoms with van der Waals surface area (Å²) in [4.78, 5) is 5.49. The molecule has 2 aromatic carbocycles. The SMILES string of the molecule is FC(Cc1c[nH]c2ccc(-n3cnnc3)cc12)CN1CCC(OCc2ccccc2)CC1. The third kappa shape index (κ3) is 4.89. The molecule has 0 bridgehead atoms. The molecule has 7 heteroatoms. The second-order valence-electron chi connectivity index (χ2n) is 8.51. The number of H-pyrrole nitrogens is 1. The van der Waals surface area contributed by atoms with E-state index in [-0.39, 0.29) is 6.10 Å². The molecule has 3 heterocycles. The normalized spacial score (nSPS) is 16.5. The molecule has 1 aliphatic rings. The number of halogens is 1. The van der Waals surface area contributed by atoms with Crippen molar-refractivity contribution in [3.05, 3.63) is 78.5 Å². The second kappa shape index (κ2) is 9.63. The molecule has 1 atom stereocenters. The van der Waals surface area contributed by atoms with Crippen LogP contribution in [0.2, 0.25) is 0 Å². The van der Waals surface area contributed by atoms with Gasteiger partial charge >= 0.3 is 0 Å². The maximum atomic E-state index is 15.0. The van der Waals surface area contributed by atoms with Crippen LogP contribution < -0.4 is 0 Å². The number of nitrogens with one attached hydrogen (secondary N) is 1. The van der Waals surface area contributed by atoms with E-state index >= 15 is 4.39 Å². The first-order chi connectivity index (χ1) is 15.7. The lowest BCUT2D eigenvalue weighted by Gasteiger charge is -2.32. The molecule has 5 rings (SSSR count). The molecule has 1 unspecified atom stereocenters. The number of aromatic nitrogens is 4. The van der Waals surface area contributed by atoms with Gasteiger partial charge in [-0.1, -0.05) is 30.3 Å². The number of piperidine rings is 1. The quantitative estimate of drug-likeness (QED) is 0.450. The van der Waals surface area contributed by atoms with Crippen LogP contribution in [0, 0.1) is 0 Å². The number of fused-ring (bicyclic) bond motifs is 1. The van der Waals surface area contributed by atoms with Gasteiger partial charge in [0.25, 0.3) is 0 Å². The number of benzene rings is 2. The van der Waals surface area contributed by atoms with E-state index in [1.807, 2.05) is 41.1 Å². The zero-order chi connectivity index (χ0) is 21.8. The zero-order valence-corrected chi connectivity index (χ0v) is 18.0. The Morgan fingerprint density at radius 2 is 1.84 bits per heavy atom. The van der Waals surface area contributed by atoms with Crippen molar-refractivity contribution in [1.82, 2.24) is 24.6 Å². The molecule has 6 nitrogen and oxygen atoms in total. The van der Waals surface area contributed by atoms with Crippen molar-refractivity contribution in [2.45, 2.75) is 38.1 Å². The van der Waals surface area contributed by atoms with Gasteiger partial charge in [-0.2, -0.15) is 0 Å². The third-order valence-corrected chi connectivity index (χ3v) is 6.23. The van der Waals surface area contributed by atoms with Crippen molar-refractivity contribution in [2.24, 2.45) is 0 Å². The van der Waals surface area contributed by atoms with E-state index in [9.17, 15) is 0 Å². The van der Waals surface area contributed by atoms with Crippen LogP contribution in [0.5, 0.6) is 0 Å². The summed E-state index contributed by atoms with van der Waals surface area (Å²) in [5, 5.41) is 8.78. The van der Waals surface area contributed by atoms with E-state index in [4.69, 9.17) is 4.74 Å². The average molecular weight is 434 g/mol. The van der Waals surface area contributed by atoms with Crippen molar-refractivity contribution in [2.75, 3.05) is 19.6 Å². The van der Waals surface area contributed by atoms with E-state index in [0.29, 0.717) is 19.6 Å². The van der Waals surface area contributed by atoms with E-state index in [1.54, 1.807) is 12.7 Å². The van der Waals surface area contributed by atoms with Crippen LogP contribution >= 0.6 is 0 Å². The minimum Gasteiger partial charge on any atom is -0.373 e. The van der Waals surface area contributed by atoms with Gasteiger partial charge in [0, 0.05) is 48.8 Å². The van der Waals surface area contributed by atoms with E-state index in [2.05, 4.69) is 38.3 Å². The number of alkyl halides is 1. The summed E-state index contributed by atoms with van der Waals surface area (Å²) in [6.45, 7) is 2.87. The highest BCUT2D eigenvalue weighted by Crippen LogP contribution is 2.24. The van der Waals surface area contributed by atoms with Crippen molar-refractivity contribution in [3.8, 4) is 5.69 Å². The number of hydrogen-bond donors (Lipinski definition) is 1. The van der Waals surface area contributed by atoms with Crippen LogP contribution in [-0.2, 0) is 17.8 Å². The third-order valence-electron chi connectivity index (χ3n) is 6.23. The lowest BCUT2D eigenvalue weighted by atomic mass is 10.0.